The molecule has 0 saturated carbocycles. The van der Waals surface area contributed by atoms with Crippen LogP contribution in [0, 0.1) is 5.92 Å². The molecule has 0 fully saturated rings. The first-order valence-corrected chi connectivity index (χ1v) is 4.78. The molecule has 0 aliphatic carbocycles. The Morgan fingerprint density at radius 3 is 2.67 bits per heavy atom. The average molecular weight is 185 g/mol. The summed E-state index contributed by atoms with van der Waals surface area (Å²) >= 11 is 4.37. The van der Waals surface area contributed by atoms with E-state index in [2.05, 4.69) is 29.3 Å². The van der Waals surface area contributed by atoms with E-state index in [4.69, 9.17) is 0 Å². The fraction of sp³-hybridized carbons (Fsp3) is 0.778. The van der Waals surface area contributed by atoms with E-state index in [-0.39, 0.29) is 11.8 Å². The summed E-state index contributed by atoms with van der Waals surface area (Å²) in [5, 5.41) is 2.12. The zero-order chi connectivity index (χ0) is 9.40. The van der Waals surface area contributed by atoms with E-state index in [0.29, 0.717) is 0 Å². The SMILES string of the molecule is CCCCC(CC)C(=O)N=C=S. The lowest BCUT2D eigenvalue weighted by Gasteiger charge is -2.07. The number of nitrogens with zero attached hydrogens (tertiary/aromatic N) is 1. The molecule has 0 N–H and O–H groups in total. The van der Waals surface area contributed by atoms with Crippen LogP contribution in [0.15, 0.2) is 4.99 Å². The second-order valence-corrected chi connectivity index (χ2v) is 2.97. The molecule has 0 rings (SSSR count). The summed E-state index contributed by atoms with van der Waals surface area (Å²) in [6, 6.07) is 0. The number of hydrogen-bond acceptors (Lipinski definition) is 2. The quantitative estimate of drug-likeness (QED) is 0.487. The highest BCUT2D eigenvalue weighted by atomic mass is 32.1. The van der Waals surface area contributed by atoms with Gasteiger partial charge in [0.05, 0.1) is 5.16 Å². The van der Waals surface area contributed by atoms with Gasteiger partial charge in [0.25, 0.3) is 5.91 Å². The van der Waals surface area contributed by atoms with Crippen molar-refractivity contribution in [3.05, 3.63) is 0 Å². The largest absolute Gasteiger partial charge is 0.272 e. The van der Waals surface area contributed by atoms with Gasteiger partial charge in [0, 0.05) is 5.92 Å². The van der Waals surface area contributed by atoms with Crippen LogP contribution in [0.2, 0.25) is 0 Å². The van der Waals surface area contributed by atoms with Crippen LogP contribution in [0.1, 0.15) is 39.5 Å². The van der Waals surface area contributed by atoms with Crippen molar-refractivity contribution in [1.29, 1.82) is 0 Å². The van der Waals surface area contributed by atoms with Crippen LogP contribution >= 0.6 is 12.2 Å². The van der Waals surface area contributed by atoms with Gasteiger partial charge < -0.3 is 0 Å². The Morgan fingerprint density at radius 1 is 1.58 bits per heavy atom. The van der Waals surface area contributed by atoms with E-state index < -0.39 is 0 Å². The third kappa shape index (κ3) is 4.37. The van der Waals surface area contributed by atoms with Crippen LogP contribution in [-0.4, -0.2) is 11.1 Å². The molecule has 1 amide bonds. The number of hydrogen-bond donors (Lipinski definition) is 0. The zero-order valence-electron chi connectivity index (χ0n) is 7.67. The van der Waals surface area contributed by atoms with Crippen LogP contribution in [0.3, 0.4) is 0 Å². The third-order valence-electron chi connectivity index (χ3n) is 1.90. The molecule has 1 atom stereocenters. The summed E-state index contributed by atoms with van der Waals surface area (Å²) in [6.45, 7) is 4.11. The van der Waals surface area contributed by atoms with Crippen LogP contribution in [0.25, 0.3) is 0 Å². The van der Waals surface area contributed by atoms with Gasteiger partial charge in [-0.25, -0.2) is 0 Å². The maximum absolute atomic E-state index is 11.2. The Labute approximate surface area is 79.1 Å². The van der Waals surface area contributed by atoms with Crippen molar-refractivity contribution < 1.29 is 4.79 Å². The summed E-state index contributed by atoms with van der Waals surface area (Å²) in [4.78, 5) is 14.7. The van der Waals surface area contributed by atoms with Crippen LogP contribution in [-0.2, 0) is 4.79 Å². The Bertz CT molecular complexity index is 185. The van der Waals surface area contributed by atoms with Gasteiger partial charge in [-0.2, -0.15) is 4.99 Å². The van der Waals surface area contributed by atoms with Gasteiger partial charge >= 0.3 is 0 Å². The summed E-state index contributed by atoms with van der Waals surface area (Å²) < 4.78 is 0. The molecule has 68 valence electrons. The van der Waals surface area contributed by atoms with E-state index in [0.717, 1.165) is 25.7 Å². The predicted molar refractivity (Wildman–Crippen MR) is 53.3 cm³/mol. The smallest absolute Gasteiger partial charge is 0.257 e. The fourth-order valence-corrected chi connectivity index (χ4v) is 1.18. The Balaban J connectivity index is 3.95. The van der Waals surface area contributed by atoms with E-state index in [1.54, 1.807) is 0 Å². The molecule has 0 aliphatic rings. The van der Waals surface area contributed by atoms with Crippen molar-refractivity contribution >= 4 is 23.3 Å². The van der Waals surface area contributed by atoms with E-state index in [1.807, 2.05) is 6.92 Å². The van der Waals surface area contributed by atoms with Crippen LogP contribution in [0.5, 0.6) is 0 Å². The molecule has 0 heterocycles. The number of amides is 1. The molecule has 3 heteroatoms. The highest BCUT2D eigenvalue weighted by Crippen LogP contribution is 2.13. The molecule has 12 heavy (non-hydrogen) atoms. The number of isothiocyanates is 1. The van der Waals surface area contributed by atoms with Crippen molar-refractivity contribution in [2.45, 2.75) is 39.5 Å². The van der Waals surface area contributed by atoms with Crippen molar-refractivity contribution in [2.24, 2.45) is 10.9 Å². The van der Waals surface area contributed by atoms with Gasteiger partial charge in [0.1, 0.15) is 0 Å². The first-order chi connectivity index (χ1) is 5.76. The van der Waals surface area contributed by atoms with Gasteiger partial charge in [-0.1, -0.05) is 26.7 Å². The highest BCUT2D eigenvalue weighted by Gasteiger charge is 2.13. The van der Waals surface area contributed by atoms with Crippen molar-refractivity contribution in [1.82, 2.24) is 0 Å². The lowest BCUT2D eigenvalue weighted by Crippen LogP contribution is -2.10. The van der Waals surface area contributed by atoms with E-state index >= 15 is 0 Å². The summed E-state index contributed by atoms with van der Waals surface area (Å²) in [5.41, 5.74) is 0. The Morgan fingerprint density at radius 2 is 2.25 bits per heavy atom. The van der Waals surface area contributed by atoms with E-state index in [9.17, 15) is 4.79 Å². The molecule has 0 aromatic rings. The second kappa shape index (κ2) is 7.14. The molecular weight excluding hydrogens is 170 g/mol. The number of carbonyl (C=O) groups excluding carboxylic acids is 1. The molecule has 2 nitrogen and oxygen atoms in total. The van der Waals surface area contributed by atoms with Gasteiger partial charge in [0.2, 0.25) is 0 Å². The van der Waals surface area contributed by atoms with E-state index in [1.165, 1.54) is 0 Å². The second-order valence-electron chi connectivity index (χ2n) is 2.79. The lowest BCUT2D eigenvalue weighted by molar-refractivity contribution is -0.121. The molecule has 0 spiro atoms. The lowest BCUT2D eigenvalue weighted by atomic mass is 9.99. The molecule has 0 saturated heterocycles. The van der Waals surface area contributed by atoms with Crippen molar-refractivity contribution in [3.63, 3.8) is 0 Å². The Kier molecular flexibility index (Phi) is 6.82. The van der Waals surface area contributed by atoms with Crippen molar-refractivity contribution in [2.75, 3.05) is 0 Å². The summed E-state index contributed by atoms with van der Waals surface area (Å²) in [6.07, 6.45) is 3.97. The van der Waals surface area contributed by atoms with Crippen LogP contribution < -0.4 is 0 Å². The Hall–Kier alpha value is -0.530. The summed E-state index contributed by atoms with van der Waals surface area (Å²) in [7, 11) is 0. The zero-order valence-corrected chi connectivity index (χ0v) is 8.49. The molecule has 0 radical (unpaired) electrons. The monoisotopic (exact) mass is 185 g/mol. The number of unbranched alkanes of at least 4 members (excludes halogenated alkanes) is 1. The van der Waals surface area contributed by atoms with Gasteiger partial charge in [0.15, 0.2) is 0 Å². The standard InChI is InChI=1S/C9H15NOS/c1-3-5-6-8(4-2)9(11)10-7-12/h8H,3-6H2,1-2H3. The predicted octanol–water partition coefficient (Wildman–Crippen LogP) is 2.83. The maximum atomic E-state index is 11.2. The average Bonchev–Trinajstić information content (AvgIpc) is 2.06. The third-order valence-corrected chi connectivity index (χ3v) is 2.00. The number of carbonyl (C=O) groups is 1. The molecule has 0 bridgehead atoms. The minimum absolute atomic E-state index is 0.0559. The van der Waals surface area contributed by atoms with Crippen molar-refractivity contribution in [3.8, 4) is 0 Å². The first kappa shape index (κ1) is 11.5. The topological polar surface area (TPSA) is 29.4 Å². The highest BCUT2D eigenvalue weighted by molar-refractivity contribution is 7.78. The molecular formula is C9H15NOS. The number of rotatable bonds is 5. The minimum atomic E-state index is -0.110. The van der Waals surface area contributed by atoms with Gasteiger partial charge in [-0.15, -0.1) is 0 Å². The minimum Gasteiger partial charge on any atom is -0.272 e. The van der Waals surface area contributed by atoms with Gasteiger partial charge in [-0.3, -0.25) is 4.79 Å². The summed E-state index contributed by atoms with van der Waals surface area (Å²) in [5.74, 6) is -0.0543. The van der Waals surface area contributed by atoms with Crippen LogP contribution in [0.4, 0.5) is 0 Å². The molecule has 0 aliphatic heterocycles. The first-order valence-electron chi connectivity index (χ1n) is 4.37. The normalized spacial score (nSPS) is 11.8. The van der Waals surface area contributed by atoms with Gasteiger partial charge in [-0.05, 0) is 25.1 Å². The molecule has 0 aromatic carbocycles. The fourth-order valence-electron chi connectivity index (χ4n) is 1.09. The maximum Gasteiger partial charge on any atom is 0.257 e. The molecule has 1 unspecified atom stereocenters. The number of thiocarbonyl (C=S) groups is 1. The molecule has 0 aromatic heterocycles. The number of aliphatic imine (C=N–C) groups is 1.